The number of hydrogen-bond donors (Lipinski definition) is 1. The molecule has 1 heterocycles. The molecule has 0 saturated heterocycles. The van der Waals surface area contributed by atoms with Gasteiger partial charge in [-0.3, -0.25) is 4.98 Å². The molecule has 0 bridgehead atoms. The van der Waals surface area contributed by atoms with Crippen molar-refractivity contribution in [1.82, 2.24) is 4.98 Å². The van der Waals surface area contributed by atoms with Gasteiger partial charge in [0.15, 0.2) is 0 Å². The van der Waals surface area contributed by atoms with Crippen molar-refractivity contribution in [2.75, 3.05) is 0 Å². The fourth-order valence-corrected chi connectivity index (χ4v) is 2.28. The number of hydrogen-bond acceptors (Lipinski definition) is 2. The van der Waals surface area contributed by atoms with Crippen LogP contribution in [0.3, 0.4) is 0 Å². The quantitative estimate of drug-likeness (QED) is 0.867. The zero-order valence-electron chi connectivity index (χ0n) is 9.97. The zero-order chi connectivity index (χ0) is 11.7. The molecule has 1 fully saturated rings. The van der Waals surface area contributed by atoms with Gasteiger partial charge in [0.25, 0.3) is 0 Å². The Kier molecular flexibility index (Phi) is 2.81. The Balaban J connectivity index is 1.78. The van der Waals surface area contributed by atoms with Gasteiger partial charge in [-0.25, -0.2) is 0 Å². The van der Waals surface area contributed by atoms with Crippen molar-refractivity contribution in [3.63, 3.8) is 0 Å². The Morgan fingerprint density at radius 2 is 2.12 bits per heavy atom. The summed E-state index contributed by atoms with van der Waals surface area (Å²) in [6, 6.07) is 10.5. The molecule has 88 valence electrons. The van der Waals surface area contributed by atoms with Crippen LogP contribution in [0.25, 0.3) is 10.9 Å². The maximum atomic E-state index is 6.22. The number of rotatable bonds is 4. The minimum atomic E-state index is 0.146. The second kappa shape index (κ2) is 4.46. The summed E-state index contributed by atoms with van der Waals surface area (Å²) in [5.74, 6) is 0.953. The first-order valence-electron chi connectivity index (χ1n) is 6.43. The molecule has 1 aliphatic rings. The second-order valence-corrected chi connectivity index (χ2v) is 5.09. The van der Waals surface area contributed by atoms with Crippen molar-refractivity contribution in [3.05, 3.63) is 42.1 Å². The van der Waals surface area contributed by atoms with Crippen LogP contribution in [0.1, 0.15) is 37.3 Å². The molecule has 2 aromatic rings. The van der Waals surface area contributed by atoms with Crippen molar-refractivity contribution in [2.45, 2.75) is 31.7 Å². The molecule has 0 spiro atoms. The molecule has 1 atom stereocenters. The van der Waals surface area contributed by atoms with Crippen LogP contribution in [0.4, 0.5) is 0 Å². The van der Waals surface area contributed by atoms with Crippen LogP contribution in [-0.4, -0.2) is 4.98 Å². The van der Waals surface area contributed by atoms with Gasteiger partial charge in [-0.05, 0) is 36.5 Å². The van der Waals surface area contributed by atoms with Gasteiger partial charge in [-0.15, -0.1) is 0 Å². The Morgan fingerprint density at radius 1 is 1.29 bits per heavy atom. The summed E-state index contributed by atoms with van der Waals surface area (Å²) in [4.78, 5) is 4.46. The molecule has 2 N–H and O–H groups in total. The van der Waals surface area contributed by atoms with E-state index in [1.807, 2.05) is 24.4 Å². The summed E-state index contributed by atoms with van der Waals surface area (Å²) >= 11 is 0. The SMILES string of the molecule is NC(CCC1CC1)c1cnc2ccccc2c1. The Bertz CT molecular complexity index is 517. The lowest BCUT2D eigenvalue weighted by atomic mass is 10.0. The predicted molar refractivity (Wildman–Crippen MR) is 70.6 cm³/mol. The third-order valence-electron chi connectivity index (χ3n) is 3.62. The van der Waals surface area contributed by atoms with E-state index in [4.69, 9.17) is 5.73 Å². The van der Waals surface area contributed by atoms with E-state index in [0.717, 1.165) is 17.9 Å². The third-order valence-corrected chi connectivity index (χ3v) is 3.62. The summed E-state index contributed by atoms with van der Waals surface area (Å²) in [5.41, 5.74) is 8.44. The minimum absolute atomic E-state index is 0.146. The third kappa shape index (κ3) is 2.47. The van der Waals surface area contributed by atoms with Gasteiger partial charge < -0.3 is 5.73 Å². The molecule has 2 heteroatoms. The molecule has 3 rings (SSSR count). The Hall–Kier alpha value is -1.41. The van der Waals surface area contributed by atoms with Crippen molar-refractivity contribution in [3.8, 4) is 0 Å². The van der Waals surface area contributed by atoms with E-state index in [1.54, 1.807) is 0 Å². The molecular weight excluding hydrogens is 208 g/mol. The average Bonchev–Trinajstić information content (AvgIpc) is 3.19. The molecule has 17 heavy (non-hydrogen) atoms. The maximum Gasteiger partial charge on any atom is 0.0702 e. The number of pyridine rings is 1. The highest BCUT2D eigenvalue weighted by molar-refractivity contribution is 5.78. The molecule has 0 aliphatic heterocycles. The first-order valence-corrected chi connectivity index (χ1v) is 6.43. The summed E-state index contributed by atoms with van der Waals surface area (Å²) in [7, 11) is 0. The number of nitrogens with two attached hydrogens (primary N) is 1. The number of para-hydroxylation sites is 1. The molecule has 1 aromatic heterocycles. The van der Waals surface area contributed by atoms with Crippen LogP contribution in [0.5, 0.6) is 0 Å². The highest BCUT2D eigenvalue weighted by Crippen LogP contribution is 2.35. The van der Waals surface area contributed by atoms with Crippen LogP contribution >= 0.6 is 0 Å². The summed E-state index contributed by atoms with van der Waals surface area (Å²) in [6.07, 6.45) is 7.10. The van der Waals surface area contributed by atoms with Gasteiger partial charge in [0.05, 0.1) is 5.52 Å². The van der Waals surface area contributed by atoms with E-state index in [0.29, 0.717) is 0 Å². The standard InChI is InChI=1S/C15H18N2/c16-14(8-7-11-5-6-11)13-9-12-3-1-2-4-15(12)17-10-13/h1-4,9-11,14H,5-8,16H2. The average molecular weight is 226 g/mol. The van der Waals surface area contributed by atoms with E-state index < -0.39 is 0 Å². The molecule has 0 amide bonds. The molecule has 0 radical (unpaired) electrons. The molecule has 1 saturated carbocycles. The van der Waals surface area contributed by atoms with E-state index in [2.05, 4.69) is 17.1 Å². The second-order valence-electron chi connectivity index (χ2n) is 5.09. The van der Waals surface area contributed by atoms with Crippen LogP contribution in [0, 0.1) is 5.92 Å². The lowest BCUT2D eigenvalue weighted by Gasteiger charge is -2.11. The number of nitrogens with zero attached hydrogens (tertiary/aromatic N) is 1. The lowest BCUT2D eigenvalue weighted by molar-refractivity contribution is 0.574. The largest absolute Gasteiger partial charge is 0.324 e. The van der Waals surface area contributed by atoms with Crippen molar-refractivity contribution in [1.29, 1.82) is 0 Å². The van der Waals surface area contributed by atoms with Gasteiger partial charge >= 0.3 is 0 Å². The first-order chi connectivity index (χ1) is 8.33. The van der Waals surface area contributed by atoms with Crippen molar-refractivity contribution in [2.24, 2.45) is 11.7 Å². The van der Waals surface area contributed by atoms with Gasteiger partial charge in [-0.1, -0.05) is 31.0 Å². The van der Waals surface area contributed by atoms with Crippen LogP contribution in [-0.2, 0) is 0 Å². The fourth-order valence-electron chi connectivity index (χ4n) is 2.28. The number of benzene rings is 1. The Labute approximate surface area is 102 Å². The molecule has 1 aromatic carbocycles. The zero-order valence-corrected chi connectivity index (χ0v) is 9.97. The van der Waals surface area contributed by atoms with Crippen LogP contribution in [0.2, 0.25) is 0 Å². The summed E-state index contributed by atoms with van der Waals surface area (Å²) in [5, 5.41) is 1.19. The Morgan fingerprint density at radius 3 is 2.94 bits per heavy atom. The summed E-state index contributed by atoms with van der Waals surface area (Å²) in [6.45, 7) is 0. The minimum Gasteiger partial charge on any atom is -0.324 e. The van der Waals surface area contributed by atoms with E-state index in [1.165, 1.54) is 30.2 Å². The fraction of sp³-hybridized carbons (Fsp3) is 0.400. The predicted octanol–water partition coefficient (Wildman–Crippen LogP) is 3.42. The van der Waals surface area contributed by atoms with Gasteiger partial charge in [0, 0.05) is 17.6 Å². The monoisotopic (exact) mass is 226 g/mol. The van der Waals surface area contributed by atoms with E-state index >= 15 is 0 Å². The lowest BCUT2D eigenvalue weighted by Crippen LogP contribution is -2.10. The highest BCUT2D eigenvalue weighted by Gasteiger charge is 2.22. The maximum absolute atomic E-state index is 6.22. The van der Waals surface area contributed by atoms with Crippen molar-refractivity contribution >= 4 is 10.9 Å². The number of fused-ring (bicyclic) bond motifs is 1. The van der Waals surface area contributed by atoms with Crippen LogP contribution in [0.15, 0.2) is 36.5 Å². The van der Waals surface area contributed by atoms with Gasteiger partial charge in [0.1, 0.15) is 0 Å². The smallest absolute Gasteiger partial charge is 0.0702 e. The molecule has 2 nitrogen and oxygen atoms in total. The van der Waals surface area contributed by atoms with Gasteiger partial charge in [0.2, 0.25) is 0 Å². The normalized spacial score (nSPS) is 17.2. The molecule has 1 unspecified atom stereocenters. The van der Waals surface area contributed by atoms with E-state index in [-0.39, 0.29) is 6.04 Å². The molecular formula is C15H18N2. The highest BCUT2D eigenvalue weighted by atomic mass is 14.7. The number of aromatic nitrogens is 1. The van der Waals surface area contributed by atoms with Crippen LogP contribution < -0.4 is 5.73 Å². The summed E-state index contributed by atoms with van der Waals surface area (Å²) < 4.78 is 0. The van der Waals surface area contributed by atoms with E-state index in [9.17, 15) is 0 Å². The topological polar surface area (TPSA) is 38.9 Å². The van der Waals surface area contributed by atoms with Gasteiger partial charge in [-0.2, -0.15) is 0 Å². The van der Waals surface area contributed by atoms with Crippen molar-refractivity contribution < 1.29 is 0 Å². The first kappa shape index (κ1) is 10.7. The molecule has 1 aliphatic carbocycles.